The van der Waals surface area contributed by atoms with Gasteiger partial charge in [0.05, 0.1) is 22.3 Å². The number of carbonyl (C=O) groups is 4. The van der Waals surface area contributed by atoms with E-state index in [1.807, 2.05) is 0 Å². The van der Waals surface area contributed by atoms with Gasteiger partial charge >= 0.3 is 11.9 Å². The van der Waals surface area contributed by atoms with Crippen LogP contribution in [0.25, 0.3) is 0 Å². The molecule has 130 valence electrons. The molecule has 0 bridgehead atoms. The number of halogens is 2. The first-order chi connectivity index (χ1) is 11.3. The molecule has 1 aromatic carbocycles. The molecule has 0 spiro atoms. The maximum atomic E-state index is 12.1. The van der Waals surface area contributed by atoms with Crippen molar-refractivity contribution in [3.8, 4) is 0 Å². The average Bonchev–Trinajstić information content (AvgIpc) is 2.55. The Bertz CT molecular complexity index is 624. The lowest BCUT2D eigenvalue weighted by molar-refractivity contribution is 0.0687. The summed E-state index contributed by atoms with van der Waals surface area (Å²) in [6, 6.07) is 1.80. The fraction of sp³-hybridized carbons (Fsp3) is 0.286. The number of carboxylic acids is 2. The Morgan fingerprint density at radius 3 is 1.38 bits per heavy atom. The van der Waals surface area contributed by atoms with Crippen LogP contribution in [0.15, 0.2) is 12.1 Å². The highest BCUT2D eigenvalue weighted by atomic mass is 79.9. The summed E-state index contributed by atoms with van der Waals surface area (Å²) in [6.45, 7) is 0.480. The number of carbonyl (C=O) groups excluding carboxylic acids is 2. The van der Waals surface area contributed by atoms with E-state index < -0.39 is 34.9 Å². The Morgan fingerprint density at radius 1 is 0.750 bits per heavy atom. The molecular formula is C14H14Br2N2O6. The SMILES string of the molecule is O=C(O)c1cc(C(=O)O)c(C(=O)NCCBr)cc1C(=O)NCCBr. The lowest BCUT2D eigenvalue weighted by Crippen LogP contribution is -2.30. The molecule has 8 nitrogen and oxygen atoms in total. The third kappa shape index (κ3) is 5.03. The molecule has 24 heavy (non-hydrogen) atoms. The van der Waals surface area contributed by atoms with Crippen LogP contribution in [0.1, 0.15) is 41.4 Å². The van der Waals surface area contributed by atoms with Crippen molar-refractivity contribution in [2.24, 2.45) is 0 Å². The van der Waals surface area contributed by atoms with Gasteiger partial charge in [0.25, 0.3) is 11.8 Å². The highest BCUT2D eigenvalue weighted by molar-refractivity contribution is 9.09. The lowest BCUT2D eigenvalue weighted by atomic mass is 9.97. The highest BCUT2D eigenvalue weighted by Gasteiger charge is 2.25. The van der Waals surface area contributed by atoms with Crippen molar-refractivity contribution in [3.05, 3.63) is 34.4 Å². The van der Waals surface area contributed by atoms with Crippen LogP contribution in [-0.2, 0) is 0 Å². The predicted molar refractivity (Wildman–Crippen MR) is 92.6 cm³/mol. The van der Waals surface area contributed by atoms with Crippen LogP contribution in [0.3, 0.4) is 0 Å². The molecule has 0 aliphatic carbocycles. The van der Waals surface area contributed by atoms with Crippen LogP contribution < -0.4 is 10.6 Å². The van der Waals surface area contributed by atoms with Crippen molar-refractivity contribution in [1.82, 2.24) is 10.6 Å². The molecule has 0 fully saturated rings. The molecule has 0 unspecified atom stereocenters. The van der Waals surface area contributed by atoms with E-state index in [9.17, 15) is 29.4 Å². The number of aromatic carboxylic acids is 2. The molecule has 10 heteroatoms. The monoisotopic (exact) mass is 464 g/mol. The fourth-order valence-electron chi connectivity index (χ4n) is 1.84. The molecular weight excluding hydrogens is 452 g/mol. The van der Waals surface area contributed by atoms with Gasteiger partial charge in [-0.1, -0.05) is 31.9 Å². The normalized spacial score (nSPS) is 10.1. The molecule has 0 radical (unpaired) electrons. The number of benzene rings is 1. The molecule has 0 aliphatic rings. The Hall–Kier alpha value is -1.94. The van der Waals surface area contributed by atoms with Gasteiger partial charge in [-0.15, -0.1) is 0 Å². The minimum absolute atomic E-state index is 0.240. The molecule has 1 aromatic rings. The summed E-state index contributed by atoms with van der Waals surface area (Å²) in [7, 11) is 0. The van der Waals surface area contributed by atoms with Crippen LogP contribution in [0.2, 0.25) is 0 Å². The molecule has 2 amide bonds. The number of nitrogens with one attached hydrogen (secondary N) is 2. The second kappa shape index (κ2) is 9.38. The Morgan fingerprint density at radius 2 is 1.08 bits per heavy atom. The number of amides is 2. The molecule has 0 saturated carbocycles. The van der Waals surface area contributed by atoms with Crippen LogP contribution in [0.5, 0.6) is 0 Å². The van der Waals surface area contributed by atoms with Crippen molar-refractivity contribution in [2.45, 2.75) is 0 Å². The zero-order valence-electron chi connectivity index (χ0n) is 12.3. The van der Waals surface area contributed by atoms with Gasteiger partial charge in [0, 0.05) is 23.7 Å². The van der Waals surface area contributed by atoms with Gasteiger partial charge in [0.2, 0.25) is 0 Å². The third-order valence-electron chi connectivity index (χ3n) is 2.87. The molecule has 0 saturated heterocycles. The quantitative estimate of drug-likeness (QED) is 0.428. The van der Waals surface area contributed by atoms with Gasteiger partial charge in [-0.3, -0.25) is 9.59 Å². The van der Waals surface area contributed by atoms with E-state index in [-0.39, 0.29) is 24.2 Å². The third-order valence-corrected chi connectivity index (χ3v) is 3.66. The second-order valence-corrected chi connectivity index (χ2v) is 6.03. The highest BCUT2D eigenvalue weighted by Crippen LogP contribution is 2.18. The molecule has 4 N–H and O–H groups in total. The van der Waals surface area contributed by atoms with Crippen LogP contribution in [-0.4, -0.2) is 57.7 Å². The van der Waals surface area contributed by atoms with Crippen LogP contribution >= 0.6 is 31.9 Å². The standard InChI is InChI=1S/C14H14Br2N2O6/c15-1-3-17-11(19)7-5-8(12(20)18-4-2-16)10(14(23)24)6-9(7)13(21)22/h5-6H,1-4H2,(H,17,19)(H,18,20)(H,21,22)(H,23,24). The van der Waals surface area contributed by atoms with Gasteiger partial charge in [0.1, 0.15) is 0 Å². The molecule has 0 aromatic heterocycles. The summed E-state index contributed by atoms with van der Waals surface area (Å²) >= 11 is 6.23. The minimum Gasteiger partial charge on any atom is -0.478 e. The summed E-state index contributed by atoms with van der Waals surface area (Å²) in [5, 5.41) is 24.3. The summed E-state index contributed by atoms with van der Waals surface area (Å²) in [5.74, 6) is -4.35. The molecule has 0 heterocycles. The number of alkyl halides is 2. The van der Waals surface area contributed by atoms with E-state index in [4.69, 9.17) is 0 Å². The molecule has 0 atom stereocenters. The van der Waals surface area contributed by atoms with E-state index in [1.54, 1.807) is 0 Å². The lowest BCUT2D eigenvalue weighted by Gasteiger charge is -2.12. The van der Waals surface area contributed by atoms with Crippen molar-refractivity contribution in [1.29, 1.82) is 0 Å². The van der Waals surface area contributed by atoms with Crippen molar-refractivity contribution < 1.29 is 29.4 Å². The van der Waals surface area contributed by atoms with Crippen LogP contribution in [0.4, 0.5) is 0 Å². The van der Waals surface area contributed by atoms with E-state index in [0.717, 1.165) is 12.1 Å². The Labute approximate surface area is 153 Å². The summed E-state index contributed by atoms with van der Waals surface area (Å²) < 4.78 is 0. The maximum Gasteiger partial charge on any atom is 0.336 e. The van der Waals surface area contributed by atoms with Crippen molar-refractivity contribution >= 4 is 55.6 Å². The number of rotatable bonds is 8. The van der Waals surface area contributed by atoms with Gasteiger partial charge in [-0.25, -0.2) is 9.59 Å². The summed E-state index contributed by atoms with van der Waals surface area (Å²) in [5.41, 5.74) is -1.54. The van der Waals surface area contributed by atoms with E-state index >= 15 is 0 Å². The first kappa shape index (κ1) is 20.1. The maximum absolute atomic E-state index is 12.1. The zero-order chi connectivity index (χ0) is 18.3. The summed E-state index contributed by atoms with van der Waals surface area (Å²) in [4.78, 5) is 46.9. The van der Waals surface area contributed by atoms with Gasteiger partial charge < -0.3 is 20.8 Å². The van der Waals surface area contributed by atoms with E-state index in [2.05, 4.69) is 42.5 Å². The van der Waals surface area contributed by atoms with Gasteiger partial charge in [-0.2, -0.15) is 0 Å². The van der Waals surface area contributed by atoms with E-state index in [1.165, 1.54) is 0 Å². The first-order valence-corrected chi connectivity index (χ1v) is 8.90. The second-order valence-electron chi connectivity index (χ2n) is 4.44. The number of hydrogen-bond donors (Lipinski definition) is 4. The van der Waals surface area contributed by atoms with Gasteiger partial charge in [0.15, 0.2) is 0 Å². The van der Waals surface area contributed by atoms with Crippen LogP contribution in [0, 0.1) is 0 Å². The molecule has 1 rings (SSSR count). The smallest absolute Gasteiger partial charge is 0.336 e. The Balaban J connectivity index is 3.45. The predicted octanol–water partition coefficient (Wildman–Crippen LogP) is 1.33. The number of hydrogen-bond acceptors (Lipinski definition) is 4. The zero-order valence-corrected chi connectivity index (χ0v) is 15.4. The largest absolute Gasteiger partial charge is 0.478 e. The number of carboxylic acid groups (broad SMARTS) is 2. The first-order valence-electron chi connectivity index (χ1n) is 6.66. The Kier molecular flexibility index (Phi) is 7.86. The van der Waals surface area contributed by atoms with Crippen molar-refractivity contribution in [2.75, 3.05) is 23.7 Å². The molecule has 0 aliphatic heterocycles. The van der Waals surface area contributed by atoms with Gasteiger partial charge in [-0.05, 0) is 12.1 Å². The average molecular weight is 466 g/mol. The van der Waals surface area contributed by atoms with E-state index in [0.29, 0.717) is 10.7 Å². The fourth-order valence-corrected chi connectivity index (χ4v) is 2.24. The van der Waals surface area contributed by atoms with Crippen molar-refractivity contribution in [3.63, 3.8) is 0 Å². The summed E-state index contributed by atoms with van der Waals surface area (Å²) in [6.07, 6.45) is 0. The topological polar surface area (TPSA) is 133 Å². The minimum atomic E-state index is -1.46.